The summed E-state index contributed by atoms with van der Waals surface area (Å²) in [5.41, 5.74) is 0.499. The third-order valence-corrected chi connectivity index (χ3v) is 17.8. The second-order valence-corrected chi connectivity index (χ2v) is 26.1. The van der Waals surface area contributed by atoms with Crippen molar-refractivity contribution in [1.29, 1.82) is 0 Å². The minimum absolute atomic E-state index is 0.0793. The Bertz CT molecular complexity index is 1830. The fraction of sp³-hybridized carbons (Fsp3) is 0.853. The lowest BCUT2D eigenvalue weighted by molar-refractivity contribution is 0.157. The van der Waals surface area contributed by atoms with Crippen LogP contribution in [0.15, 0.2) is 40.2 Å². The molecule has 0 bridgehead atoms. The fourth-order valence-electron chi connectivity index (χ4n) is 12.3. The lowest BCUT2D eigenvalue weighted by Crippen LogP contribution is -2.34. The summed E-state index contributed by atoms with van der Waals surface area (Å²) < 4.78 is 68.4. The number of unbranched alkanes of at least 4 members (excludes halogenated alkanes) is 52. The molecule has 0 unspecified atom stereocenters. The first-order valence-electron chi connectivity index (χ1n) is 37.8. The molecule has 1 aromatic heterocycles. The second-order valence-electron chi connectivity index (χ2n) is 26.1. The molecule has 0 aliphatic carbocycles. The number of halogens is 2. The largest absolute Gasteiger partial charge is 0.726 e. The number of ether oxygens (including phenoxy) is 4. The molecule has 1 N–H and O–H groups in total. The van der Waals surface area contributed by atoms with E-state index in [-0.39, 0.29) is 17.2 Å². The van der Waals surface area contributed by atoms with Crippen molar-refractivity contribution in [3.8, 4) is 11.5 Å². The first-order valence-corrected chi connectivity index (χ1v) is 37.8. The molecule has 0 aromatic carbocycles. The van der Waals surface area contributed by atoms with Crippen LogP contribution < -0.4 is 9.47 Å². The van der Waals surface area contributed by atoms with Gasteiger partial charge in [0.05, 0.1) is 32.6 Å². The molecule has 86 heavy (non-hydrogen) atoms. The van der Waals surface area contributed by atoms with Gasteiger partial charge in [0.15, 0.2) is 23.0 Å². The Morgan fingerprint density at radius 2 is 0.651 bits per heavy atom. The number of allylic oxidation sites excluding steroid dienone is 2. The van der Waals surface area contributed by atoms with Crippen molar-refractivity contribution in [2.24, 2.45) is 4.99 Å². The molecule has 8 nitrogen and oxygen atoms in total. The molecule has 11 heteroatoms. The maximum absolute atomic E-state index is 15.9. The Morgan fingerprint density at radius 1 is 0.360 bits per heavy atom. The van der Waals surface area contributed by atoms with Crippen molar-refractivity contribution < 1.29 is 36.9 Å². The molecule has 3 rings (SSSR count). The monoisotopic (exact) mass is 1210 g/mol. The molecule has 0 fully saturated rings. The van der Waals surface area contributed by atoms with Gasteiger partial charge in [-0.15, -0.1) is 0 Å². The number of H-pyrrole nitrogens is 1. The number of aromatic amines is 1. The van der Waals surface area contributed by atoms with Crippen LogP contribution in [0.5, 0.6) is 11.5 Å². The van der Waals surface area contributed by atoms with E-state index in [4.69, 9.17) is 28.3 Å². The molecule has 0 radical (unpaired) electrons. The van der Waals surface area contributed by atoms with Crippen LogP contribution in [0, 0.1) is 0 Å². The summed E-state index contributed by atoms with van der Waals surface area (Å²) in [4.78, 5) is 7.88. The highest BCUT2D eigenvalue weighted by molar-refractivity contribution is 6.53. The quantitative estimate of drug-likeness (QED) is 0.0517. The van der Waals surface area contributed by atoms with E-state index in [9.17, 15) is 0 Å². The average Bonchev–Trinajstić information content (AvgIpc) is 1.78. The van der Waals surface area contributed by atoms with Gasteiger partial charge in [-0.3, -0.25) is 0 Å². The standard InChI is InChI=1S/C75H136BF2N2O6/c1-5-9-13-17-21-25-29-33-37-41-45-49-53-57-61-81-70-66-79-72(74(70)83-63-59-55-51-47-43-39-35-31-27-23-19-15-11-7-3)68-65-69(86-76(77,78)85-68)73-75(84-64-60-56-52-48-44-40-36-32-28-24-20-16-12-8-4)71(67-80-73)82-62-58-54-50-46-42-38-34-30-26-22-18-14-10-6-2/h65-67,79H,5-64H2,1-4H3/q-1/b73-69+. The van der Waals surface area contributed by atoms with Crippen LogP contribution in [-0.2, 0) is 18.8 Å². The minimum atomic E-state index is -4.77. The van der Waals surface area contributed by atoms with Gasteiger partial charge >= 0.3 is 7.11 Å². The third kappa shape index (κ3) is 40.5. The first kappa shape index (κ1) is 77.1. The van der Waals surface area contributed by atoms with E-state index in [1.165, 1.54) is 301 Å². The summed E-state index contributed by atoms with van der Waals surface area (Å²) >= 11 is 0. The molecule has 2 aliphatic rings. The van der Waals surface area contributed by atoms with Crippen LogP contribution in [0.2, 0.25) is 0 Å². The highest BCUT2D eigenvalue weighted by Gasteiger charge is 2.41. The number of nitrogens with one attached hydrogen (secondary N) is 1. The van der Waals surface area contributed by atoms with E-state index >= 15 is 8.63 Å². The SMILES string of the molecule is CCCCCCCCCCCCCCCCOC1=C(OCCCCCCCCCCCCCCCC)/C(=C2/C=C(c3[nH]cc(OCCCCCCCCCCCCCCCC)c3OCCCCCCCCCCCCCCCC)O[B-](F)(F)O2)N=C1. The Hall–Kier alpha value is -3.11. The van der Waals surface area contributed by atoms with Crippen molar-refractivity contribution in [3.63, 3.8) is 0 Å². The molecule has 3 heterocycles. The van der Waals surface area contributed by atoms with Crippen LogP contribution in [0.1, 0.15) is 393 Å². The number of aliphatic imine (C=N–C) groups is 1. The third-order valence-electron chi connectivity index (χ3n) is 17.8. The summed E-state index contributed by atoms with van der Waals surface area (Å²) in [7, 11) is -4.77. The summed E-state index contributed by atoms with van der Waals surface area (Å²) in [5.74, 6) is 1.52. The van der Waals surface area contributed by atoms with Gasteiger partial charge in [-0.1, -0.05) is 362 Å². The van der Waals surface area contributed by atoms with Crippen molar-refractivity contribution in [3.05, 3.63) is 40.9 Å². The minimum Gasteiger partial charge on any atom is -0.626 e. The molecule has 2 aliphatic heterocycles. The lowest BCUT2D eigenvalue weighted by Gasteiger charge is -2.34. The molecule has 1 aromatic rings. The van der Waals surface area contributed by atoms with Crippen LogP contribution in [-0.4, -0.2) is 44.7 Å². The van der Waals surface area contributed by atoms with Gasteiger partial charge < -0.3 is 41.9 Å². The summed E-state index contributed by atoms with van der Waals surface area (Å²) in [5, 5.41) is 0. The first-order chi connectivity index (χ1) is 42.4. The molecule has 0 saturated carbocycles. The van der Waals surface area contributed by atoms with Crippen LogP contribution in [0.25, 0.3) is 5.76 Å². The van der Waals surface area contributed by atoms with E-state index in [2.05, 4.69) is 37.7 Å². The number of nitrogens with zero attached hydrogens (tertiary/aromatic N) is 1. The van der Waals surface area contributed by atoms with Gasteiger partial charge in [-0.2, -0.15) is 0 Å². The second kappa shape index (κ2) is 55.9. The summed E-state index contributed by atoms with van der Waals surface area (Å²) in [6.45, 7) is 11.0. The topological polar surface area (TPSA) is 83.5 Å². The Kier molecular flexibility index (Phi) is 50.2. The number of aromatic nitrogens is 1. The van der Waals surface area contributed by atoms with E-state index in [0.29, 0.717) is 55.1 Å². The van der Waals surface area contributed by atoms with Crippen molar-refractivity contribution >= 4 is 19.1 Å². The zero-order valence-electron chi connectivity index (χ0n) is 56.9. The smallest absolute Gasteiger partial charge is 0.626 e. The number of rotatable bonds is 65. The molecule has 0 spiro atoms. The zero-order valence-corrected chi connectivity index (χ0v) is 56.9. The van der Waals surface area contributed by atoms with Crippen LogP contribution >= 0.6 is 0 Å². The maximum atomic E-state index is 15.9. The number of hydrogen-bond acceptors (Lipinski definition) is 7. The molecule has 0 amide bonds. The Labute approximate surface area is 529 Å². The molecular formula is C75H136BF2N2O6-. The van der Waals surface area contributed by atoms with Crippen molar-refractivity contribution in [1.82, 2.24) is 4.98 Å². The zero-order chi connectivity index (χ0) is 61.3. The van der Waals surface area contributed by atoms with Gasteiger partial charge in [-0.05, 0) is 25.7 Å². The predicted molar refractivity (Wildman–Crippen MR) is 366 cm³/mol. The van der Waals surface area contributed by atoms with Crippen molar-refractivity contribution in [2.75, 3.05) is 26.4 Å². The van der Waals surface area contributed by atoms with Gasteiger partial charge in [0.2, 0.25) is 0 Å². The van der Waals surface area contributed by atoms with E-state index in [0.717, 1.165) is 64.2 Å². The normalized spacial score (nSPS) is 14.7. The maximum Gasteiger partial charge on any atom is 0.726 e. The van der Waals surface area contributed by atoms with Gasteiger partial charge in [0, 0.05) is 12.3 Å². The molecule has 0 saturated heterocycles. The summed E-state index contributed by atoms with van der Waals surface area (Å²) in [6.07, 6.45) is 76.3. The van der Waals surface area contributed by atoms with Gasteiger partial charge in [0.1, 0.15) is 22.9 Å². The van der Waals surface area contributed by atoms with E-state index in [1.54, 1.807) is 12.4 Å². The highest BCUT2D eigenvalue weighted by Crippen LogP contribution is 2.43. The lowest BCUT2D eigenvalue weighted by atomic mass is 10.0. The van der Waals surface area contributed by atoms with E-state index < -0.39 is 7.11 Å². The van der Waals surface area contributed by atoms with E-state index in [1.807, 2.05) is 0 Å². The van der Waals surface area contributed by atoms with Gasteiger partial charge in [0.25, 0.3) is 0 Å². The van der Waals surface area contributed by atoms with Crippen LogP contribution in [0.3, 0.4) is 0 Å². The Balaban J connectivity index is 1.65. The Morgan fingerprint density at radius 3 is 0.988 bits per heavy atom. The summed E-state index contributed by atoms with van der Waals surface area (Å²) in [6, 6.07) is 0. The number of hydrogen-bond donors (Lipinski definition) is 1. The molecule has 500 valence electrons. The molecule has 0 atom stereocenters. The van der Waals surface area contributed by atoms with Crippen LogP contribution in [0.4, 0.5) is 8.63 Å². The van der Waals surface area contributed by atoms with Gasteiger partial charge in [-0.25, -0.2) is 4.99 Å². The predicted octanol–water partition coefficient (Wildman–Crippen LogP) is 26.0. The fourth-order valence-corrected chi connectivity index (χ4v) is 12.3. The average molecular weight is 1210 g/mol. The van der Waals surface area contributed by atoms with Crippen molar-refractivity contribution in [2.45, 2.75) is 387 Å². The molecular weight excluding hydrogens is 1070 g/mol. The highest BCUT2D eigenvalue weighted by atomic mass is 19.3.